The molecule has 11 heteroatoms. The van der Waals surface area contributed by atoms with E-state index in [0.717, 1.165) is 10.0 Å². The lowest BCUT2D eigenvalue weighted by Gasteiger charge is -2.01. The molecule has 3 rings (SSSR count). The molecule has 0 aliphatic rings. The van der Waals surface area contributed by atoms with Crippen LogP contribution < -0.4 is 5.43 Å². The van der Waals surface area contributed by atoms with Crippen molar-refractivity contribution < 1.29 is 9.72 Å². The number of carbonyl (C=O) groups excluding carboxylic acids is 1. The summed E-state index contributed by atoms with van der Waals surface area (Å²) in [6.07, 6.45) is 2.51. The summed E-state index contributed by atoms with van der Waals surface area (Å²) in [4.78, 5) is 23.0. The Morgan fingerprint density at radius 2 is 2.00 bits per heavy atom. The summed E-state index contributed by atoms with van der Waals surface area (Å²) < 4.78 is 2.24. The van der Waals surface area contributed by atoms with Crippen molar-refractivity contribution in [3.8, 4) is 0 Å². The van der Waals surface area contributed by atoms with E-state index in [0.29, 0.717) is 15.6 Å². The molecule has 1 heterocycles. The Morgan fingerprint density at radius 1 is 1.28 bits per heavy atom. The van der Waals surface area contributed by atoms with Crippen LogP contribution in [0, 0.1) is 10.1 Å². The van der Waals surface area contributed by atoms with Gasteiger partial charge in [-0.2, -0.15) is 10.2 Å². The molecule has 29 heavy (non-hydrogen) atoms. The maximum atomic E-state index is 12.3. The highest BCUT2D eigenvalue weighted by Crippen LogP contribution is 2.20. The highest BCUT2D eigenvalue weighted by molar-refractivity contribution is 9.10. The fourth-order valence-corrected chi connectivity index (χ4v) is 3.11. The second-order valence-electron chi connectivity index (χ2n) is 5.81. The molecule has 0 bridgehead atoms. The van der Waals surface area contributed by atoms with Gasteiger partial charge in [0.25, 0.3) is 5.91 Å². The molecular formula is C18H12BrCl2N5O3. The van der Waals surface area contributed by atoms with Crippen molar-refractivity contribution in [2.75, 3.05) is 0 Å². The molecule has 2 aromatic carbocycles. The smallest absolute Gasteiger partial charge is 0.265 e. The third kappa shape index (κ3) is 5.41. The molecule has 1 N–H and O–H groups in total. The van der Waals surface area contributed by atoms with Crippen LogP contribution in [0.25, 0.3) is 0 Å². The van der Waals surface area contributed by atoms with Crippen LogP contribution in [0.15, 0.2) is 58.2 Å². The molecule has 1 amide bonds. The lowest BCUT2D eigenvalue weighted by atomic mass is 10.2. The van der Waals surface area contributed by atoms with E-state index in [-0.39, 0.29) is 12.2 Å². The van der Waals surface area contributed by atoms with E-state index in [1.54, 1.807) is 12.1 Å². The third-order valence-corrected chi connectivity index (χ3v) is 4.84. The van der Waals surface area contributed by atoms with Crippen molar-refractivity contribution >= 4 is 56.9 Å². The van der Waals surface area contributed by atoms with Crippen molar-refractivity contribution in [3.63, 3.8) is 0 Å². The quantitative estimate of drug-likeness (QED) is 0.304. The van der Waals surface area contributed by atoms with Gasteiger partial charge in [0, 0.05) is 15.1 Å². The number of aromatic nitrogens is 2. The van der Waals surface area contributed by atoms with Crippen molar-refractivity contribution in [2.45, 2.75) is 6.54 Å². The predicted octanol–water partition coefficient (Wildman–Crippen LogP) is 4.67. The molecule has 148 valence electrons. The first-order valence-corrected chi connectivity index (χ1v) is 9.63. The van der Waals surface area contributed by atoms with Crippen LogP contribution in [0.1, 0.15) is 21.6 Å². The molecule has 0 fully saturated rings. The van der Waals surface area contributed by atoms with Crippen molar-refractivity contribution in [3.05, 3.63) is 90.1 Å². The second-order valence-corrected chi connectivity index (χ2v) is 7.57. The van der Waals surface area contributed by atoms with Gasteiger partial charge in [-0.25, -0.2) is 5.43 Å². The number of carbonyl (C=O) groups is 1. The van der Waals surface area contributed by atoms with Crippen molar-refractivity contribution in [2.24, 2.45) is 5.10 Å². The van der Waals surface area contributed by atoms with Gasteiger partial charge < -0.3 is 0 Å². The fourth-order valence-electron chi connectivity index (χ4n) is 2.38. The number of nitrogens with one attached hydrogen (secondary N) is 1. The molecule has 0 aliphatic heterocycles. The van der Waals surface area contributed by atoms with Gasteiger partial charge in [0.15, 0.2) is 0 Å². The van der Waals surface area contributed by atoms with Gasteiger partial charge in [-0.05, 0) is 29.8 Å². The van der Waals surface area contributed by atoms with Gasteiger partial charge in [0.1, 0.15) is 6.20 Å². The standard InChI is InChI=1S/C18H12BrCl2N5O3/c19-13-4-1-11(2-5-13)9-25-10-16(26(28)29)17(24-25)18(27)23-22-8-12-3-6-14(20)7-15(12)21/h1-8,10H,9H2,(H,23,27)/b22-8+. The zero-order valence-corrected chi connectivity index (χ0v) is 17.6. The predicted molar refractivity (Wildman–Crippen MR) is 114 cm³/mol. The SMILES string of the molecule is O=C(N/N=C/c1ccc(Cl)cc1Cl)c1nn(Cc2ccc(Br)cc2)cc1[N+](=O)[O-]. The third-order valence-electron chi connectivity index (χ3n) is 3.74. The summed E-state index contributed by atoms with van der Waals surface area (Å²) in [5.74, 6) is -0.812. The fraction of sp³-hybridized carbons (Fsp3) is 0.0556. The van der Waals surface area contributed by atoms with Gasteiger partial charge in [-0.1, -0.05) is 57.3 Å². The van der Waals surface area contributed by atoms with Crippen LogP contribution in [0.5, 0.6) is 0 Å². The van der Waals surface area contributed by atoms with Crippen molar-refractivity contribution in [1.29, 1.82) is 0 Å². The summed E-state index contributed by atoms with van der Waals surface area (Å²) in [6.45, 7) is 0.269. The summed E-state index contributed by atoms with van der Waals surface area (Å²) in [6, 6.07) is 12.1. The first kappa shape index (κ1) is 21.0. The minimum Gasteiger partial charge on any atom is -0.265 e. The second kappa shape index (κ2) is 9.17. The van der Waals surface area contributed by atoms with E-state index in [9.17, 15) is 14.9 Å². The maximum absolute atomic E-state index is 12.3. The molecular weight excluding hydrogens is 485 g/mol. The number of hydrazone groups is 1. The number of nitrogens with zero attached hydrogens (tertiary/aromatic N) is 4. The number of nitro groups is 1. The number of hydrogen-bond donors (Lipinski definition) is 1. The Labute approximate surface area is 183 Å². The van der Waals surface area contributed by atoms with Crippen molar-refractivity contribution in [1.82, 2.24) is 15.2 Å². The van der Waals surface area contributed by atoms with Crippen LogP contribution in [0.3, 0.4) is 0 Å². The number of hydrogen-bond acceptors (Lipinski definition) is 5. The lowest BCUT2D eigenvalue weighted by molar-refractivity contribution is -0.385. The molecule has 0 unspecified atom stereocenters. The Morgan fingerprint density at radius 3 is 2.66 bits per heavy atom. The van der Waals surface area contributed by atoms with Crippen LogP contribution >= 0.6 is 39.1 Å². The van der Waals surface area contributed by atoms with Gasteiger partial charge in [0.2, 0.25) is 5.69 Å². The van der Waals surface area contributed by atoms with E-state index >= 15 is 0 Å². The van der Waals surface area contributed by atoms with Crippen LogP contribution in [-0.2, 0) is 6.54 Å². The summed E-state index contributed by atoms with van der Waals surface area (Å²) in [5.41, 5.74) is 2.85. The van der Waals surface area contributed by atoms with Gasteiger partial charge >= 0.3 is 5.69 Å². The molecule has 0 saturated heterocycles. The first-order chi connectivity index (χ1) is 13.8. The Balaban J connectivity index is 1.76. The van der Waals surface area contributed by atoms with E-state index in [1.165, 1.54) is 23.2 Å². The summed E-state index contributed by atoms with van der Waals surface area (Å²) >= 11 is 15.2. The van der Waals surface area contributed by atoms with E-state index in [4.69, 9.17) is 23.2 Å². The molecule has 1 aromatic heterocycles. The number of benzene rings is 2. The highest BCUT2D eigenvalue weighted by Gasteiger charge is 2.25. The summed E-state index contributed by atoms with van der Waals surface area (Å²) in [5, 5.41) is 19.9. The summed E-state index contributed by atoms with van der Waals surface area (Å²) in [7, 11) is 0. The van der Waals surface area contributed by atoms with Gasteiger partial charge in [0.05, 0.1) is 22.7 Å². The van der Waals surface area contributed by atoms with Gasteiger partial charge in [-0.15, -0.1) is 0 Å². The minimum absolute atomic E-state index is 0.269. The molecule has 3 aromatic rings. The topological polar surface area (TPSA) is 102 Å². The number of rotatable bonds is 6. The molecule has 0 saturated carbocycles. The Kier molecular flexibility index (Phi) is 6.63. The number of amides is 1. The largest absolute Gasteiger partial charge is 0.320 e. The van der Waals surface area contributed by atoms with Crippen LogP contribution in [0.2, 0.25) is 10.0 Å². The lowest BCUT2D eigenvalue weighted by Crippen LogP contribution is -2.19. The molecule has 8 nitrogen and oxygen atoms in total. The normalized spacial score (nSPS) is 11.0. The molecule has 0 aliphatic carbocycles. The van der Waals surface area contributed by atoms with Crippen LogP contribution in [-0.4, -0.2) is 26.8 Å². The zero-order chi connectivity index (χ0) is 21.0. The van der Waals surface area contributed by atoms with Gasteiger partial charge in [-0.3, -0.25) is 19.6 Å². The zero-order valence-electron chi connectivity index (χ0n) is 14.6. The number of halogens is 3. The minimum atomic E-state index is -0.812. The Hall–Kier alpha value is -2.75. The van der Waals surface area contributed by atoms with Crippen LogP contribution in [0.4, 0.5) is 5.69 Å². The molecule has 0 radical (unpaired) electrons. The van der Waals surface area contributed by atoms with E-state index < -0.39 is 16.5 Å². The first-order valence-electron chi connectivity index (χ1n) is 8.08. The highest BCUT2D eigenvalue weighted by atomic mass is 79.9. The Bertz CT molecular complexity index is 1100. The monoisotopic (exact) mass is 495 g/mol. The molecule has 0 spiro atoms. The van der Waals surface area contributed by atoms with E-state index in [1.807, 2.05) is 24.3 Å². The maximum Gasteiger partial charge on any atom is 0.320 e. The average molecular weight is 497 g/mol. The van der Waals surface area contributed by atoms with E-state index in [2.05, 4.69) is 31.6 Å². The molecule has 0 atom stereocenters. The average Bonchev–Trinajstić information content (AvgIpc) is 3.09.